The van der Waals surface area contributed by atoms with Crippen molar-refractivity contribution < 1.29 is 19.4 Å². The summed E-state index contributed by atoms with van der Waals surface area (Å²) in [4.78, 5) is 30.5. The molecule has 1 saturated heterocycles. The number of benzene rings is 4. The molecule has 0 radical (unpaired) electrons. The summed E-state index contributed by atoms with van der Waals surface area (Å²) in [6, 6.07) is 26.4. The number of hydrogen-bond acceptors (Lipinski definition) is 5. The minimum Gasteiger partial charge on any atom is -0.488 e. The zero-order valence-electron chi connectivity index (χ0n) is 19.7. The van der Waals surface area contributed by atoms with E-state index >= 15 is 0 Å². The number of amidine groups is 1. The second-order valence-electron chi connectivity index (χ2n) is 8.34. The van der Waals surface area contributed by atoms with Gasteiger partial charge in [0.15, 0.2) is 5.17 Å². The van der Waals surface area contributed by atoms with Gasteiger partial charge in [0.1, 0.15) is 12.4 Å². The van der Waals surface area contributed by atoms with E-state index < -0.39 is 5.97 Å². The molecule has 1 amide bonds. The van der Waals surface area contributed by atoms with Crippen LogP contribution in [0.2, 0.25) is 0 Å². The SMILES string of the molecule is CN1C(=O)/C(=C/c2ccc(OCc3cccc4ccccc34)c(Br)c2)SC1=Nc1cccc(C(=O)O)c1. The summed E-state index contributed by atoms with van der Waals surface area (Å²) in [7, 11) is 1.65. The zero-order chi connectivity index (χ0) is 25.9. The van der Waals surface area contributed by atoms with Crippen molar-refractivity contribution in [2.24, 2.45) is 4.99 Å². The number of halogens is 1. The van der Waals surface area contributed by atoms with Crippen LogP contribution in [-0.2, 0) is 11.4 Å². The smallest absolute Gasteiger partial charge is 0.335 e. The molecule has 1 N–H and O–H groups in total. The Hall–Kier alpha value is -3.88. The predicted molar refractivity (Wildman–Crippen MR) is 151 cm³/mol. The van der Waals surface area contributed by atoms with Gasteiger partial charge in [-0.3, -0.25) is 9.69 Å². The van der Waals surface area contributed by atoms with Crippen molar-refractivity contribution in [3.63, 3.8) is 0 Å². The number of likely N-dealkylation sites (N-methyl/N-ethyl adjacent to an activating group) is 1. The average Bonchev–Trinajstić information content (AvgIpc) is 3.16. The Balaban J connectivity index is 1.32. The minimum absolute atomic E-state index is 0.141. The molecule has 0 saturated carbocycles. The number of amides is 1. The highest BCUT2D eigenvalue weighted by molar-refractivity contribution is 9.10. The van der Waals surface area contributed by atoms with Gasteiger partial charge in [0.05, 0.1) is 20.6 Å². The normalized spacial score (nSPS) is 15.6. The Kier molecular flexibility index (Phi) is 7.12. The second-order valence-corrected chi connectivity index (χ2v) is 10.2. The van der Waals surface area contributed by atoms with Gasteiger partial charge in [-0.2, -0.15) is 0 Å². The average molecular weight is 573 g/mol. The van der Waals surface area contributed by atoms with Crippen LogP contribution >= 0.6 is 27.7 Å². The van der Waals surface area contributed by atoms with E-state index in [1.165, 1.54) is 34.2 Å². The maximum atomic E-state index is 12.8. The molecule has 37 heavy (non-hydrogen) atoms. The standard InChI is InChI=1S/C29H21BrN2O4S/c1-32-27(33)26(37-29(32)31-22-10-5-8-20(16-22)28(34)35)15-18-12-13-25(24(30)14-18)36-17-21-9-4-7-19-6-2-3-11-23(19)21/h2-16H,17H2,1H3,(H,34,35)/b26-15-,31-29?. The van der Waals surface area contributed by atoms with E-state index in [1.807, 2.05) is 36.4 Å². The Morgan fingerprint density at radius 2 is 1.84 bits per heavy atom. The van der Waals surface area contributed by atoms with Crippen LogP contribution in [0.1, 0.15) is 21.5 Å². The molecule has 0 spiro atoms. The van der Waals surface area contributed by atoms with Gasteiger partial charge < -0.3 is 9.84 Å². The van der Waals surface area contributed by atoms with E-state index in [-0.39, 0.29) is 11.5 Å². The lowest BCUT2D eigenvalue weighted by atomic mass is 10.1. The number of hydrogen-bond donors (Lipinski definition) is 1. The van der Waals surface area contributed by atoms with Crippen molar-refractivity contribution in [1.82, 2.24) is 4.90 Å². The number of carboxylic acids is 1. The fourth-order valence-electron chi connectivity index (χ4n) is 3.92. The van der Waals surface area contributed by atoms with E-state index in [0.29, 0.717) is 28.1 Å². The second kappa shape index (κ2) is 10.6. The number of thioether (sulfide) groups is 1. The van der Waals surface area contributed by atoms with Crippen molar-refractivity contribution in [2.75, 3.05) is 7.05 Å². The first-order valence-corrected chi connectivity index (χ1v) is 13.0. The number of aromatic carboxylic acids is 1. The van der Waals surface area contributed by atoms with Crippen molar-refractivity contribution in [3.05, 3.63) is 111 Å². The highest BCUT2D eigenvalue weighted by Gasteiger charge is 2.30. The van der Waals surface area contributed by atoms with Gasteiger partial charge >= 0.3 is 5.97 Å². The molecule has 0 atom stereocenters. The number of rotatable bonds is 6. The molecule has 8 heteroatoms. The third-order valence-electron chi connectivity index (χ3n) is 5.84. The van der Waals surface area contributed by atoms with E-state index in [2.05, 4.69) is 45.2 Å². The van der Waals surface area contributed by atoms with Gasteiger partial charge in [0.25, 0.3) is 5.91 Å². The van der Waals surface area contributed by atoms with Gasteiger partial charge in [-0.1, -0.05) is 54.6 Å². The number of carbonyl (C=O) groups excluding carboxylic acids is 1. The summed E-state index contributed by atoms with van der Waals surface area (Å²) in [6.45, 7) is 0.433. The Labute approximate surface area is 226 Å². The Morgan fingerprint density at radius 1 is 1.05 bits per heavy atom. The Bertz CT molecular complexity index is 1590. The van der Waals surface area contributed by atoms with Crippen LogP contribution in [0, 0.1) is 0 Å². The summed E-state index contributed by atoms with van der Waals surface area (Å²) >= 11 is 4.84. The molecule has 6 nitrogen and oxygen atoms in total. The van der Waals surface area contributed by atoms with Gasteiger partial charge in [0.2, 0.25) is 0 Å². The van der Waals surface area contributed by atoms with Crippen LogP contribution in [0.25, 0.3) is 16.8 Å². The lowest BCUT2D eigenvalue weighted by molar-refractivity contribution is -0.121. The summed E-state index contributed by atoms with van der Waals surface area (Å²) in [5, 5.41) is 12.0. The molecular formula is C29H21BrN2O4S. The quantitative estimate of drug-likeness (QED) is 0.249. The van der Waals surface area contributed by atoms with Crippen LogP contribution in [0.3, 0.4) is 0 Å². The molecule has 4 aromatic rings. The summed E-state index contributed by atoms with van der Waals surface area (Å²) in [5.41, 5.74) is 2.55. The number of aliphatic imine (C=N–C) groups is 1. The fourth-order valence-corrected chi connectivity index (χ4v) is 5.42. The number of fused-ring (bicyclic) bond motifs is 1. The number of carbonyl (C=O) groups is 2. The van der Waals surface area contributed by atoms with Gasteiger partial charge in [-0.15, -0.1) is 0 Å². The Morgan fingerprint density at radius 3 is 2.65 bits per heavy atom. The molecule has 5 rings (SSSR count). The molecule has 0 unspecified atom stereocenters. The predicted octanol–water partition coefficient (Wildman–Crippen LogP) is 7.11. The summed E-state index contributed by atoms with van der Waals surface area (Å²) in [5.74, 6) is -0.495. The molecule has 1 aliphatic heterocycles. The van der Waals surface area contributed by atoms with Crippen LogP contribution in [0.5, 0.6) is 5.75 Å². The molecule has 0 bridgehead atoms. The van der Waals surface area contributed by atoms with E-state index in [1.54, 1.807) is 25.3 Å². The zero-order valence-corrected chi connectivity index (χ0v) is 22.1. The van der Waals surface area contributed by atoms with Gasteiger partial charge in [-0.05, 0) is 86.0 Å². The molecule has 0 aliphatic carbocycles. The van der Waals surface area contributed by atoms with Crippen LogP contribution in [-0.4, -0.2) is 34.1 Å². The molecular weight excluding hydrogens is 552 g/mol. The molecule has 0 aromatic heterocycles. The number of ether oxygens (including phenoxy) is 1. The van der Waals surface area contributed by atoms with Gasteiger partial charge in [0, 0.05) is 7.05 Å². The van der Waals surface area contributed by atoms with Crippen LogP contribution < -0.4 is 4.74 Å². The first-order valence-electron chi connectivity index (χ1n) is 11.4. The molecule has 1 heterocycles. The lowest BCUT2D eigenvalue weighted by Gasteiger charge is -2.11. The van der Waals surface area contributed by atoms with Crippen molar-refractivity contribution in [1.29, 1.82) is 0 Å². The molecule has 1 aliphatic rings. The van der Waals surface area contributed by atoms with Crippen LogP contribution in [0.15, 0.2) is 99.3 Å². The number of carboxylic acid groups (broad SMARTS) is 1. The fraction of sp³-hybridized carbons (Fsp3) is 0.0690. The maximum Gasteiger partial charge on any atom is 0.335 e. The van der Waals surface area contributed by atoms with E-state index in [9.17, 15) is 14.7 Å². The van der Waals surface area contributed by atoms with Crippen molar-refractivity contribution >= 4 is 67.3 Å². The van der Waals surface area contributed by atoms with E-state index in [4.69, 9.17) is 4.74 Å². The van der Waals surface area contributed by atoms with Crippen LogP contribution in [0.4, 0.5) is 5.69 Å². The lowest BCUT2D eigenvalue weighted by Crippen LogP contribution is -2.23. The monoisotopic (exact) mass is 572 g/mol. The minimum atomic E-state index is -1.03. The van der Waals surface area contributed by atoms with Gasteiger partial charge in [-0.25, -0.2) is 9.79 Å². The highest BCUT2D eigenvalue weighted by Crippen LogP contribution is 2.35. The topological polar surface area (TPSA) is 79.2 Å². The van der Waals surface area contributed by atoms with E-state index in [0.717, 1.165) is 21.0 Å². The summed E-state index contributed by atoms with van der Waals surface area (Å²) < 4.78 is 6.88. The third kappa shape index (κ3) is 5.45. The van der Waals surface area contributed by atoms with Crippen molar-refractivity contribution in [3.8, 4) is 5.75 Å². The third-order valence-corrected chi connectivity index (χ3v) is 7.52. The maximum absolute atomic E-state index is 12.8. The van der Waals surface area contributed by atoms with Crippen molar-refractivity contribution in [2.45, 2.75) is 6.61 Å². The summed E-state index contributed by atoms with van der Waals surface area (Å²) in [6.07, 6.45) is 1.80. The number of nitrogens with zero attached hydrogens (tertiary/aromatic N) is 2. The molecule has 1 fully saturated rings. The highest BCUT2D eigenvalue weighted by atomic mass is 79.9. The molecule has 184 valence electrons. The first-order chi connectivity index (χ1) is 17.9. The first kappa shape index (κ1) is 24.8. The molecule has 4 aromatic carbocycles. The largest absolute Gasteiger partial charge is 0.488 e.